The molecule has 0 aromatic carbocycles. The lowest BCUT2D eigenvalue weighted by Crippen LogP contribution is -2.23. The van der Waals surface area contributed by atoms with Gasteiger partial charge in [0.05, 0.1) is 0 Å². The van der Waals surface area contributed by atoms with Crippen molar-refractivity contribution in [1.29, 1.82) is 0 Å². The van der Waals surface area contributed by atoms with Crippen LogP contribution in [0.5, 0.6) is 0 Å². The highest BCUT2D eigenvalue weighted by molar-refractivity contribution is 5.05. The summed E-state index contributed by atoms with van der Waals surface area (Å²) in [6.45, 7) is 13.9. The predicted molar refractivity (Wildman–Crippen MR) is 114 cm³/mol. The third-order valence-electron chi connectivity index (χ3n) is 4.23. The first kappa shape index (κ1) is 24.1. The van der Waals surface area contributed by atoms with E-state index in [1.807, 2.05) is 0 Å². The van der Waals surface area contributed by atoms with Crippen LogP contribution in [0.4, 0.5) is 0 Å². The van der Waals surface area contributed by atoms with E-state index in [-0.39, 0.29) is 0 Å². The largest absolute Gasteiger partial charge is 0.330 e. The van der Waals surface area contributed by atoms with E-state index in [1.54, 1.807) is 0 Å². The van der Waals surface area contributed by atoms with E-state index in [0.717, 1.165) is 45.6 Å². The Kier molecular flexibility index (Phi) is 17.3. The van der Waals surface area contributed by atoms with Crippen LogP contribution >= 0.6 is 0 Å². The molecule has 0 rings (SSSR count). The summed E-state index contributed by atoms with van der Waals surface area (Å²) in [6, 6.07) is 0. The van der Waals surface area contributed by atoms with Gasteiger partial charge in [0.1, 0.15) is 0 Å². The van der Waals surface area contributed by atoms with Crippen molar-refractivity contribution in [2.75, 3.05) is 32.7 Å². The van der Waals surface area contributed by atoms with Crippen LogP contribution in [0.15, 0.2) is 34.9 Å². The highest BCUT2D eigenvalue weighted by atomic mass is 14.9. The standard InChI is InChI=1S/C22H43N3/c1-20(2)10-7-11-21(3)12-8-13-22(4)14-19-25-18-9-17-24-16-6-5-15-23/h10,12,14,24-25H,5-9,11,13,15-19,23H2,1-4H3. The van der Waals surface area contributed by atoms with Crippen LogP contribution in [-0.2, 0) is 0 Å². The van der Waals surface area contributed by atoms with Gasteiger partial charge >= 0.3 is 0 Å². The molecule has 0 radical (unpaired) electrons. The van der Waals surface area contributed by atoms with Crippen LogP contribution in [0, 0.1) is 0 Å². The second-order valence-corrected chi connectivity index (χ2v) is 7.26. The molecule has 0 spiro atoms. The number of hydrogen-bond donors (Lipinski definition) is 3. The maximum Gasteiger partial charge on any atom is 0.0137 e. The molecular weight excluding hydrogens is 306 g/mol. The molecule has 3 nitrogen and oxygen atoms in total. The quantitative estimate of drug-likeness (QED) is 0.279. The fourth-order valence-corrected chi connectivity index (χ4v) is 2.55. The molecule has 0 bridgehead atoms. The smallest absolute Gasteiger partial charge is 0.0137 e. The van der Waals surface area contributed by atoms with Gasteiger partial charge in [-0.05, 0) is 98.8 Å². The zero-order valence-electron chi connectivity index (χ0n) is 17.3. The minimum atomic E-state index is 0.806. The zero-order valence-corrected chi connectivity index (χ0v) is 17.3. The van der Waals surface area contributed by atoms with Crippen LogP contribution in [-0.4, -0.2) is 32.7 Å². The summed E-state index contributed by atoms with van der Waals surface area (Å²) in [5.41, 5.74) is 9.90. The van der Waals surface area contributed by atoms with E-state index in [4.69, 9.17) is 5.73 Å². The summed E-state index contributed by atoms with van der Waals surface area (Å²) in [4.78, 5) is 0. The lowest BCUT2D eigenvalue weighted by atomic mass is 10.1. The maximum atomic E-state index is 5.47. The lowest BCUT2D eigenvalue weighted by molar-refractivity contribution is 0.588. The first-order valence-corrected chi connectivity index (χ1v) is 10.1. The first-order chi connectivity index (χ1) is 12.1. The Labute approximate surface area is 157 Å². The average molecular weight is 350 g/mol. The van der Waals surface area contributed by atoms with Crippen molar-refractivity contribution in [3.05, 3.63) is 34.9 Å². The second-order valence-electron chi connectivity index (χ2n) is 7.26. The molecule has 0 heterocycles. The number of unbranched alkanes of at least 4 members (excludes halogenated alkanes) is 1. The molecular formula is C22H43N3. The van der Waals surface area contributed by atoms with Gasteiger partial charge in [0.25, 0.3) is 0 Å². The summed E-state index contributed by atoms with van der Waals surface area (Å²) in [6.07, 6.45) is 15.3. The van der Waals surface area contributed by atoms with Crippen LogP contribution < -0.4 is 16.4 Å². The predicted octanol–water partition coefficient (Wildman–Crippen LogP) is 4.71. The van der Waals surface area contributed by atoms with Crippen LogP contribution in [0.2, 0.25) is 0 Å². The van der Waals surface area contributed by atoms with Gasteiger partial charge in [-0.25, -0.2) is 0 Å². The van der Waals surface area contributed by atoms with Crippen molar-refractivity contribution in [3.63, 3.8) is 0 Å². The van der Waals surface area contributed by atoms with E-state index in [1.165, 1.54) is 48.8 Å². The van der Waals surface area contributed by atoms with E-state index in [2.05, 4.69) is 56.6 Å². The fraction of sp³-hybridized carbons (Fsp3) is 0.727. The van der Waals surface area contributed by atoms with Crippen molar-refractivity contribution < 1.29 is 0 Å². The molecule has 0 fully saturated rings. The SMILES string of the molecule is CC(C)=CCCC(C)=CCCC(C)=CCNCCCNCCCCN. The summed E-state index contributed by atoms with van der Waals surface area (Å²) < 4.78 is 0. The van der Waals surface area contributed by atoms with Crippen LogP contribution in [0.3, 0.4) is 0 Å². The zero-order chi connectivity index (χ0) is 18.8. The molecule has 0 saturated heterocycles. The van der Waals surface area contributed by atoms with Gasteiger partial charge in [0.15, 0.2) is 0 Å². The van der Waals surface area contributed by atoms with Gasteiger partial charge in [0.2, 0.25) is 0 Å². The van der Waals surface area contributed by atoms with Gasteiger partial charge in [-0.15, -0.1) is 0 Å². The monoisotopic (exact) mass is 349 g/mol. The third kappa shape index (κ3) is 19.3. The Morgan fingerprint density at radius 2 is 1.32 bits per heavy atom. The molecule has 0 atom stereocenters. The molecule has 4 N–H and O–H groups in total. The van der Waals surface area contributed by atoms with Crippen LogP contribution in [0.1, 0.15) is 72.6 Å². The highest BCUT2D eigenvalue weighted by Gasteiger charge is 1.93. The summed E-state index contributed by atoms with van der Waals surface area (Å²) in [7, 11) is 0. The van der Waals surface area contributed by atoms with E-state index >= 15 is 0 Å². The van der Waals surface area contributed by atoms with Gasteiger partial charge in [0, 0.05) is 6.54 Å². The van der Waals surface area contributed by atoms with Crippen molar-refractivity contribution in [1.82, 2.24) is 10.6 Å². The molecule has 0 saturated carbocycles. The Balaban J connectivity index is 3.57. The molecule has 0 aliphatic heterocycles. The number of nitrogens with two attached hydrogens (primary N) is 1. The van der Waals surface area contributed by atoms with Crippen LogP contribution in [0.25, 0.3) is 0 Å². The molecule has 25 heavy (non-hydrogen) atoms. The number of nitrogens with one attached hydrogen (secondary N) is 2. The lowest BCUT2D eigenvalue weighted by Gasteiger charge is -2.05. The molecule has 0 aromatic heterocycles. The Hall–Kier alpha value is -0.900. The molecule has 0 unspecified atom stereocenters. The summed E-state index contributed by atoms with van der Waals surface area (Å²) in [5, 5.41) is 6.96. The molecule has 0 aliphatic rings. The van der Waals surface area contributed by atoms with Crippen molar-refractivity contribution in [2.24, 2.45) is 5.73 Å². The normalized spacial score (nSPS) is 12.5. The minimum absolute atomic E-state index is 0.806. The van der Waals surface area contributed by atoms with Gasteiger partial charge in [-0.3, -0.25) is 0 Å². The maximum absolute atomic E-state index is 5.47. The van der Waals surface area contributed by atoms with Gasteiger partial charge < -0.3 is 16.4 Å². The summed E-state index contributed by atoms with van der Waals surface area (Å²) >= 11 is 0. The number of hydrogen-bond acceptors (Lipinski definition) is 3. The van der Waals surface area contributed by atoms with E-state index in [0.29, 0.717) is 0 Å². The van der Waals surface area contributed by atoms with E-state index in [9.17, 15) is 0 Å². The minimum Gasteiger partial charge on any atom is -0.330 e. The number of allylic oxidation sites excluding steroid dienone is 5. The third-order valence-corrected chi connectivity index (χ3v) is 4.23. The fourth-order valence-electron chi connectivity index (χ4n) is 2.55. The van der Waals surface area contributed by atoms with Crippen molar-refractivity contribution in [2.45, 2.75) is 72.6 Å². The average Bonchev–Trinajstić information content (AvgIpc) is 2.56. The van der Waals surface area contributed by atoms with Crippen molar-refractivity contribution >= 4 is 0 Å². The van der Waals surface area contributed by atoms with Crippen molar-refractivity contribution in [3.8, 4) is 0 Å². The molecule has 0 amide bonds. The summed E-state index contributed by atoms with van der Waals surface area (Å²) in [5.74, 6) is 0. The molecule has 3 heteroatoms. The Morgan fingerprint density at radius 1 is 0.720 bits per heavy atom. The first-order valence-electron chi connectivity index (χ1n) is 10.1. The molecule has 0 aromatic rings. The second kappa shape index (κ2) is 17.9. The van der Waals surface area contributed by atoms with Gasteiger partial charge in [-0.2, -0.15) is 0 Å². The number of rotatable bonds is 16. The molecule has 146 valence electrons. The Morgan fingerprint density at radius 3 is 2.00 bits per heavy atom. The molecule has 0 aliphatic carbocycles. The van der Waals surface area contributed by atoms with Gasteiger partial charge in [-0.1, -0.05) is 34.9 Å². The highest BCUT2D eigenvalue weighted by Crippen LogP contribution is 2.11. The topological polar surface area (TPSA) is 50.1 Å². The Bertz CT molecular complexity index is 390. The van der Waals surface area contributed by atoms with E-state index < -0.39 is 0 Å².